The van der Waals surface area contributed by atoms with Crippen LogP contribution in [0.4, 0.5) is 5.69 Å². The van der Waals surface area contributed by atoms with Gasteiger partial charge in [0.15, 0.2) is 0 Å². The summed E-state index contributed by atoms with van der Waals surface area (Å²) >= 11 is 0. The standard InChI is InChI=1S/C14H17N3O/c1-2-11-3-5-13(6-4-11)18-8-7-14-16-9-12(15)10-17-14/h3-6,9-10H,2,7-8,15H2,1H3. The first-order valence-corrected chi connectivity index (χ1v) is 6.06. The third-order valence-corrected chi connectivity index (χ3v) is 2.65. The van der Waals surface area contributed by atoms with Crippen LogP contribution in [0.15, 0.2) is 36.7 Å². The van der Waals surface area contributed by atoms with Crippen molar-refractivity contribution in [3.8, 4) is 5.75 Å². The Labute approximate surface area is 107 Å². The summed E-state index contributed by atoms with van der Waals surface area (Å²) in [5, 5.41) is 0. The predicted molar refractivity (Wildman–Crippen MR) is 71.5 cm³/mol. The lowest BCUT2D eigenvalue weighted by Crippen LogP contribution is -2.05. The lowest BCUT2D eigenvalue weighted by molar-refractivity contribution is 0.319. The highest BCUT2D eigenvalue weighted by molar-refractivity contribution is 5.30. The van der Waals surface area contributed by atoms with E-state index in [1.165, 1.54) is 5.56 Å². The fourth-order valence-electron chi connectivity index (χ4n) is 1.58. The van der Waals surface area contributed by atoms with E-state index in [4.69, 9.17) is 10.5 Å². The van der Waals surface area contributed by atoms with Crippen molar-refractivity contribution in [3.05, 3.63) is 48.0 Å². The summed E-state index contributed by atoms with van der Waals surface area (Å²) in [4.78, 5) is 8.24. The maximum atomic E-state index is 5.63. The molecule has 1 heterocycles. The van der Waals surface area contributed by atoms with Crippen LogP contribution in [0.1, 0.15) is 18.3 Å². The van der Waals surface area contributed by atoms with Crippen LogP contribution in [0.2, 0.25) is 0 Å². The van der Waals surface area contributed by atoms with Gasteiger partial charge >= 0.3 is 0 Å². The molecule has 0 aliphatic heterocycles. The van der Waals surface area contributed by atoms with Gasteiger partial charge in [0.25, 0.3) is 0 Å². The minimum Gasteiger partial charge on any atom is -0.493 e. The Balaban J connectivity index is 1.82. The fraction of sp³-hybridized carbons (Fsp3) is 0.286. The van der Waals surface area contributed by atoms with Crippen molar-refractivity contribution in [1.29, 1.82) is 0 Å². The smallest absolute Gasteiger partial charge is 0.131 e. The van der Waals surface area contributed by atoms with Gasteiger partial charge in [0, 0.05) is 6.42 Å². The molecule has 1 aromatic heterocycles. The number of nitrogens with two attached hydrogens (primary N) is 1. The summed E-state index contributed by atoms with van der Waals surface area (Å²) < 4.78 is 5.63. The lowest BCUT2D eigenvalue weighted by Gasteiger charge is -2.06. The van der Waals surface area contributed by atoms with Crippen molar-refractivity contribution in [2.75, 3.05) is 12.3 Å². The van der Waals surface area contributed by atoms with Crippen LogP contribution < -0.4 is 10.5 Å². The van der Waals surface area contributed by atoms with E-state index in [1.807, 2.05) is 12.1 Å². The largest absolute Gasteiger partial charge is 0.493 e. The molecule has 0 bridgehead atoms. The molecule has 0 radical (unpaired) electrons. The molecule has 2 N–H and O–H groups in total. The molecule has 18 heavy (non-hydrogen) atoms. The summed E-state index contributed by atoms with van der Waals surface area (Å²) in [7, 11) is 0. The quantitative estimate of drug-likeness (QED) is 0.874. The molecule has 0 atom stereocenters. The second-order valence-electron chi connectivity index (χ2n) is 4.03. The SMILES string of the molecule is CCc1ccc(OCCc2ncc(N)cn2)cc1. The van der Waals surface area contributed by atoms with E-state index in [-0.39, 0.29) is 0 Å². The Bertz CT molecular complexity index is 479. The molecule has 4 nitrogen and oxygen atoms in total. The van der Waals surface area contributed by atoms with Crippen LogP contribution in [0, 0.1) is 0 Å². The summed E-state index contributed by atoms with van der Waals surface area (Å²) in [6, 6.07) is 8.13. The Hall–Kier alpha value is -2.10. The van der Waals surface area contributed by atoms with Gasteiger partial charge in [-0.05, 0) is 24.1 Å². The Morgan fingerprint density at radius 3 is 2.39 bits per heavy atom. The first-order valence-electron chi connectivity index (χ1n) is 6.06. The van der Waals surface area contributed by atoms with E-state index in [1.54, 1.807) is 12.4 Å². The first kappa shape index (κ1) is 12.4. The highest BCUT2D eigenvalue weighted by Crippen LogP contribution is 2.12. The summed E-state index contributed by atoms with van der Waals surface area (Å²) in [5.41, 5.74) is 7.41. The van der Waals surface area contributed by atoms with Gasteiger partial charge in [-0.1, -0.05) is 19.1 Å². The molecule has 94 valence electrons. The number of aromatic nitrogens is 2. The van der Waals surface area contributed by atoms with Crippen molar-refractivity contribution in [1.82, 2.24) is 9.97 Å². The summed E-state index contributed by atoms with van der Waals surface area (Å²) in [5.74, 6) is 1.62. The van der Waals surface area contributed by atoms with E-state index in [0.717, 1.165) is 18.0 Å². The molecule has 0 fully saturated rings. The monoisotopic (exact) mass is 243 g/mol. The number of hydrogen-bond donors (Lipinski definition) is 1. The van der Waals surface area contributed by atoms with Gasteiger partial charge in [-0.2, -0.15) is 0 Å². The second-order valence-corrected chi connectivity index (χ2v) is 4.03. The minimum absolute atomic E-state index is 0.565. The van der Waals surface area contributed by atoms with Gasteiger partial charge in [-0.15, -0.1) is 0 Å². The number of aryl methyl sites for hydroxylation is 1. The molecule has 1 aromatic carbocycles. The Kier molecular flexibility index (Phi) is 4.12. The van der Waals surface area contributed by atoms with Crippen LogP contribution in [0.3, 0.4) is 0 Å². The first-order chi connectivity index (χ1) is 8.78. The van der Waals surface area contributed by atoms with Crippen molar-refractivity contribution in [2.24, 2.45) is 0 Å². The number of rotatable bonds is 5. The number of ether oxygens (including phenoxy) is 1. The van der Waals surface area contributed by atoms with E-state index in [9.17, 15) is 0 Å². The number of nitrogen functional groups attached to an aromatic ring is 1. The third-order valence-electron chi connectivity index (χ3n) is 2.65. The van der Waals surface area contributed by atoms with Crippen LogP contribution in [-0.4, -0.2) is 16.6 Å². The average molecular weight is 243 g/mol. The molecule has 0 aliphatic rings. The van der Waals surface area contributed by atoms with Gasteiger partial charge in [-0.3, -0.25) is 0 Å². The molecular weight excluding hydrogens is 226 g/mol. The van der Waals surface area contributed by atoms with Crippen molar-refractivity contribution >= 4 is 5.69 Å². The normalized spacial score (nSPS) is 10.3. The second kappa shape index (κ2) is 6.00. The highest BCUT2D eigenvalue weighted by atomic mass is 16.5. The van der Waals surface area contributed by atoms with Gasteiger partial charge in [-0.25, -0.2) is 9.97 Å². The topological polar surface area (TPSA) is 61.0 Å². The minimum atomic E-state index is 0.565. The van der Waals surface area contributed by atoms with E-state index in [2.05, 4.69) is 29.0 Å². The van der Waals surface area contributed by atoms with Crippen molar-refractivity contribution in [3.63, 3.8) is 0 Å². The van der Waals surface area contributed by atoms with Gasteiger partial charge in [0.2, 0.25) is 0 Å². The molecule has 0 saturated carbocycles. The fourth-order valence-corrected chi connectivity index (χ4v) is 1.58. The van der Waals surface area contributed by atoms with Gasteiger partial charge < -0.3 is 10.5 Å². The Morgan fingerprint density at radius 1 is 1.11 bits per heavy atom. The van der Waals surface area contributed by atoms with E-state index < -0.39 is 0 Å². The zero-order valence-electron chi connectivity index (χ0n) is 10.5. The number of nitrogens with zero attached hydrogens (tertiary/aromatic N) is 2. The van der Waals surface area contributed by atoms with Crippen molar-refractivity contribution < 1.29 is 4.74 Å². The summed E-state index contributed by atoms with van der Waals surface area (Å²) in [6.45, 7) is 2.70. The molecular formula is C14H17N3O. The molecule has 2 rings (SSSR count). The zero-order chi connectivity index (χ0) is 12.8. The summed E-state index contributed by atoms with van der Waals surface area (Å²) in [6.07, 6.45) is 4.94. The van der Waals surface area contributed by atoms with Gasteiger partial charge in [0.1, 0.15) is 11.6 Å². The van der Waals surface area contributed by atoms with Crippen LogP contribution >= 0.6 is 0 Å². The highest BCUT2D eigenvalue weighted by Gasteiger charge is 1.98. The number of benzene rings is 1. The molecule has 0 saturated heterocycles. The Morgan fingerprint density at radius 2 is 1.78 bits per heavy atom. The van der Waals surface area contributed by atoms with Crippen LogP contribution in [-0.2, 0) is 12.8 Å². The number of hydrogen-bond acceptors (Lipinski definition) is 4. The maximum absolute atomic E-state index is 5.63. The predicted octanol–water partition coefficient (Wildman–Crippen LogP) is 2.24. The molecule has 0 unspecified atom stereocenters. The van der Waals surface area contributed by atoms with Crippen LogP contribution in [0.25, 0.3) is 0 Å². The van der Waals surface area contributed by atoms with Gasteiger partial charge in [0.05, 0.1) is 24.7 Å². The lowest BCUT2D eigenvalue weighted by atomic mass is 10.2. The van der Waals surface area contributed by atoms with E-state index in [0.29, 0.717) is 18.7 Å². The third kappa shape index (κ3) is 3.45. The molecule has 0 amide bonds. The molecule has 0 aliphatic carbocycles. The van der Waals surface area contributed by atoms with Crippen molar-refractivity contribution in [2.45, 2.75) is 19.8 Å². The number of anilines is 1. The zero-order valence-corrected chi connectivity index (χ0v) is 10.5. The molecule has 0 spiro atoms. The van der Waals surface area contributed by atoms with Crippen LogP contribution in [0.5, 0.6) is 5.75 Å². The molecule has 4 heteroatoms. The van der Waals surface area contributed by atoms with E-state index >= 15 is 0 Å². The average Bonchev–Trinajstić information content (AvgIpc) is 2.42. The molecule has 2 aromatic rings. The maximum Gasteiger partial charge on any atom is 0.131 e.